The summed E-state index contributed by atoms with van der Waals surface area (Å²) in [6, 6.07) is 13.6. The lowest BCUT2D eigenvalue weighted by molar-refractivity contribution is 0.619. The molecule has 94 valence electrons. The number of hydrogen-bond acceptors (Lipinski definition) is 3. The standard InChI is InChI=1S/C15H10ClNO2/c16-12-7-9(17)5-6-10(12)15-8-13(18)11-3-1-2-4-14(11)19-15/h1-8H,17H2. The van der Waals surface area contributed by atoms with Gasteiger partial charge in [-0.25, -0.2) is 0 Å². The summed E-state index contributed by atoms with van der Waals surface area (Å²) in [5, 5.41) is 1.01. The first kappa shape index (κ1) is 11.8. The van der Waals surface area contributed by atoms with Crippen LogP contribution in [0.2, 0.25) is 5.02 Å². The topological polar surface area (TPSA) is 56.2 Å². The van der Waals surface area contributed by atoms with Crippen LogP contribution in [-0.4, -0.2) is 0 Å². The summed E-state index contributed by atoms with van der Waals surface area (Å²) < 4.78 is 5.72. The molecule has 0 aliphatic rings. The molecule has 0 unspecified atom stereocenters. The lowest BCUT2D eigenvalue weighted by atomic mass is 10.1. The zero-order chi connectivity index (χ0) is 13.4. The summed E-state index contributed by atoms with van der Waals surface area (Å²) in [7, 11) is 0. The first-order chi connectivity index (χ1) is 9.15. The number of benzene rings is 2. The van der Waals surface area contributed by atoms with E-state index < -0.39 is 0 Å². The molecule has 0 spiro atoms. The van der Waals surface area contributed by atoms with E-state index in [2.05, 4.69) is 0 Å². The van der Waals surface area contributed by atoms with Gasteiger partial charge in [-0.05, 0) is 30.3 Å². The number of anilines is 1. The van der Waals surface area contributed by atoms with Crippen LogP contribution in [0.1, 0.15) is 0 Å². The quantitative estimate of drug-likeness (QED) is 0.687. The second-order valence-corrected chi connectivity index (χ2v) is 4.62. The Kier molecular flexibility index (Phi) is 2.76. The molecule has 1 heterocycles. The van der Waals surface area contributed by atoms with Crippen LogP contribution in [0.5, 0.6) is 0 Å². The van der Waals surface area contributed by atoms with E-state index in [1.165, 1.54) is 6.07 Å². The number of para-hydroxylation sites is 1. The normalized spacial score (nSPS) is 10.8. The van der Waals surface area contributed by atoms with Gasteiger partial charge in [0.15, 0.2) is 5.43 Å². The van der Waals surface area contributed by atoms with Gasteiger partial charge in [-0.3, -0.25) is 4.79 Å². The number of nitrogens with two attached hydrogens (primary N) is 1. The molecule has 2 N–H and O–H groups in total. The van der Waals surface area contributed by atoms with Gasteiger partial charge in [0.05, 0.1) is 10.4 Å². The number of rotatable bonds is 1. The number of hydrogen-bond donors (Lipinski definition) is 1. The van der Waals surface area contributed by atoms with Gasteiger partial charge in [0.2, 0.25) is 0 Å². The van der Waals surface area contributed by atoms with Gasteiger partial charge in [-0.1, -0.05) is 23.7 Å². The third kappa shape index (κ3) is 2.09. The maximum absolute atomic E-state index is 12.0. The van der Waals surface area contributed by atoms with Crippen LogP contribution in [0.25, 0.3) is 22.3 Å². The third-order valence-corrected chi connectivity index (χ3v) is 3.21. The average molecular weight is 272 g/mol. The Labute approximate surface area is 114 Å². The Morgan fingerprint density at radius 3 is 2.63 bits per heavy atom. The van der Waals surface area contributed by atoms with Crippen molar-refractivity contribution < 1.29 is 4.42 Å². The molecule has 0 radical (unpaired) electrons. The van der Waals surface area contributed by atoms with Crippen LogP contribution in [0.3, 0.4) is 0 Å². The maximum Gasteiger partial charge on any atom is 0.193 e. The van der Waals surface area contributed by atoms with E-state index >= 15 is 0 Å². The van der Waals surface area contributed by atoms with Crippen LogP contribution in [0.15, 0.2) is 57.7 Å². The summed E-state index contributed by atoms with van der Waals surface area (Å²) in [6.07, 6.45) is 0. The summed E-state index contributed by atoms with van der Waals surface area (Å²) in [4.78, 5) is 12.0. The highest BCUT2D eigenvalue weighted by Gasteiger charge is 2.09. The first-order valence-electron chi connectivity index (χ1n) is 5.73. The smallest absolute Gasteiger partial charge is 0.193 e. The van der Waals surface area contributed by atoms with Crippen LogP contribution in [-0.2, 0) is 0 Å². The SMILES string of the molecule is Nc1ccc(-c2cc(=O)c3ccccc3o2)c(Cl)c1. The zero-order valence-electron chi connectivity index (χ0n) is 9.89. The first-order valence-corrected chi connectivity index (χ1v) is 6.11. The Morgan fingerprint density at radius 1 is 1.05 bits per heavy atom. The fourth-order valence-electron chi connectivity index (χ4n) is 1.97. The van der Waals surface area contributed by atoms with Crippen LogP contribution in [0.4, 0.5) is 5.69 Å². The van der Waals surface area contributed by atoms with E-state index in [1.807, 2.05) is 6.07 Å². The van der Waals surface area contributed by atoms with Gasteiger partial charge >= 0.3 is 0 Å². The van der Waals surface area contributed by atoms with Gasteiger partial charge in [0.1, 0.15) is 11.3 Å². The lowest BCUT2D eigenvalue weighted by Crippen LogP contribution is -2.00. The molecule has 0 amide bonds. The summed E-state index contributed by atoms with van der Waals surface area (Å²) in [5.74, 6) is 0.439. The number of fused-ring (bicyclic) bond motifs is 1. The monoisotopic (exact) mass is 271 g/mol. The van der Waals surface area contributed by atoms with E-state index in [0.717, 1.165) is 0 Å². The molecule has 0 aliphatic heterocycles. The van der Waals surface area contributed by atoms with Gasteiger partial charge in [-0.15, -0.1) is 0 Å². The molecule has 3 aromatic rings. The molecular weight excluding hydrogens is 262 g/mol. The molecule has 2 aromatic carbocycles. The lowest BCUT2D eigenvalue weighted by Gasteiger charge is -2.05. The molecule has 0 saturated carbocycles. The molecule has 0 atom stereocenters. The van der Waals surface area contributed by atoms with Crippen molar-refractivity contribution in [2.45, 2.75) is 0 Å². The molecule has 3 nitrogen and oxygen atoms in total. The number of halogens is 1. The van der Waals surface area contributed by atoms with Crippen molar-refractivity contribution in [2.75, 3.05) is 5.73 Å². The predicted octanol–water partition coefficient (Wildman–Crippen LogP) is 3.70. The fraction of sp³-hybridized carbons (Fsp3) is 0. The van der Waals surface area contributed by atoms with Gasteiger partial charge < -0.3 is 10.2 Å². The van der Waals surface area contributed by atoms with E-state index in [1.54, 1.807) is 36.4 Å². The summed E-state index contributed by atoms with van der Waals surface area (Å²) in [6.45, 7) is 0. The van der Waals surface area contributed by atoms with Crippen molar-refractivity contribution in [1.29, 1.82) is 0 Å². The zero-order valence-corrected chi connectivity index (χ0v) is 10.6. The highest BCUT2D eigenvalue weighted by Crippen LogP contribution is 2.30. The molecule has 19 heavy (non-hydrogen) atoms. The Morgan fingerprint density at radius 2 is 1.84 bits per heavy atom. The fourth-order valence-corrected chi connectivity index (χ4v) is 2.25. The van der Waals surface area contributed by atoms with Crippen molar-refractivity contribution in [3.05, 3.63) is 63.8 Å². The number of nitrogen functional groups attached to an aromatic ring is 1. The predicted molar refractivity (Wildman–Crippen MR) is 77.3 cm³/mol. The average Bonchev–Trinajstić information content (AvgIpc) is 2.38. The Bertz CT molecular complexity index is 824. The molecule has 0 bridgehead atoms. The van der Waals surface area contributed by atoms with Crippen molar-refractivity contribution >= 4 is 28.3 Å². The second-order valence-electron chi connectivity index (χ2n) is 4.21. The molecule has 3 rings (SSSR count). The second kappa shape index (κ2) is 4.44. The van der Waals surface area contributed by atoms with E-state index in [0.29, 0.717) is 33.0 Å². The molecular formula is C15H10ClNO2. The minimum atomic E-state index is -0.0928. The van der Waals surface area contributed by atoms with Crippen LogP contribution >= 0.6 is 11.6 Å². The van der Waals surface area contributed by atoms with Gasteiger partial charge in [0.25, 0.3) is 0 Å². The third-order valence-electron chi connectivity index (χ3n) is 2.89. The van der Waals surface area contributed by atoms with E-state index in [-0.39, 0.29) is 5.43 Å². The highest BCUT2D eigenvalue weighted by atomic mass is 35.5. The van der Waals surface area contributed by atoms with E-state index in [9.17, 15) is 4.79 Å². The van der Waals surface area contributed by atoms with Crippen molar-refractivity contribution in [2.24, 2.45) is 0 Å². The molecule has 0 saturated heterocycles. The molecule has 1 aromatic heterocycles. The molecule has 0 fully saturated rings. The van der Waals surface area contributed by atoms with Gasteiger partial charge in [-0.2, -0.15) is 0 Å². The van der Waals surface area contributed by atoms with Crippen molar-refractivity contribution in [3.8, 4) is 11.3 Å². The van der Waals surface area contributed by atoms with Crippen molar-refractivity contribution in [3.63, 3.8) is 0 Å². The summed E-state index contributed by atoms with van der Waals surface area (Å²) in [5.41, 5.74) is 7.31. The highest BCUT2D eigenvalue weighted by molar-refractivity contribution is 6.33. The summed E-state index contributed by atoms with van der Waals surface area (Å²) >= 11 is 6.13. The van der Waals surface area contributed by atoms with Crippen molar-refractivity contribution in [1.82, 2.24) is 0 Å². The van der Waals surface area contributed by atoms with Gasteiger partial charge in [0, 0.05) is 17.3 Å². The Hall–Kier alpha value is -2.26. The Balaban J connectivity index is 2.28. The van der Waals surface area contributed by atoms with Crippen LogP contribution in [0, 0.1) is 0 Å². The molecule has 4 heteroatoms. The van der Waals surface area contributed by atoms with Crippen LogP contribution < -0.4 is 11.2 Å². The van der Waals surface area contributed by atoms with E-state index in [4.69, 9.17) is 21.8 Å². The minimum Gasteiger partial charge on any atom is -0.456 e. The molecule has 0 aliphatic carbocycles. The minimum absolute atomic E-state index is 0.0928. The largest absolute Gasteiger partial charge is 0.456 e. The maximum atomic E-state index is 12.0.